The molecule has 0 aliphatic carbocycles. The number of hydrogen-bond acceptors (Lipinski definition) is 3. The quantitative estimate of drug-likeness (QED) is 0.839. The number of rotatable bonds is 5. The number of anilines is 1. The molecule has 0 saturated heterocycles. The number of nitrogens with one attached hydrogen (secondary N) is 1. The van der Waals surface area contributed by atoms with Gasteiger partial charge in [-0.3, -0.25) is 9.59 Å². The van der Waals surface area contributed by atoms with Gasteiger partial charge in [-0.25, -0.2) is 0 Å². The minimum atomic E-state index is -0.391. The first-order valence-corrected chi connectivity index (χ1v) is 6.52. The van der Waals surface area contributed by atoms with E-state index < -0.39 is 5.91 Å². The highest BCUT2D eigenvalue weighted by Gasteiger charge is 2.13. The Kier molecular flexibility index (Phi) is 5.62. The lowest BCUT2D eigenvalue weighted by Gasteiger charge is -2.13. The van der Waals surface area contributed by atoms with Crippen LogP contribution in [0.25, 0.3) is 0 Å². The van der Waals surface area contributed by atoms with E-state index in [1.54, 1.807) is 12.1 Å². The zero-order valence-corrected chi connectivity index (χ0v) is 12.4. The zero-order chi connectivity index (χ0) is 13.7. The van der Waals surface area contributed by atoms with Crippen LogP contribution < -0.4 is 10.1 Å². The highest BCUT2D eigenvalue weighted by molar-refractivity contribution is 9.10. The molecule has 1 aromatic rings. The Labute approximate surface area is 119 Å². The van der Waals surface area contributed by atoms with E-state index in [1.807, 2.05) is 6.92 Å². The summed E-state index contributed by atoms with van der Waals surface area (Å²) in [6.45, 7) is 3.65. The number of ketones is 1. The molecule has 0 unspecified atom stereocenters. The van der Waals surface area contributed by atoms with E-state index >= 15 is 0 Å². The third kappa shape index (κ3) is 4.31. The monoisotopic (exact) mass is 333 g/mol. The lowest BCUT2D eigenvalue weighted by Crippen LogP contribution is -2.15. The Bertz CT molecular complexity index is 477. The third-order valence-corrected chi connectivity index (χ3v) is 2.79. The van der Waals surface area contributed by atoms with Gasteiger partial charge in [0.25, 0.3) is 0 Å². The molecule has 1 N–H and O–H groups in total. The maximum Gasteiger partial charge on any atom is 0.231 e. The highest BCUT2D eigenvalue weighted by atomic mass is 79.9. The molecule has 1 rings (SSSR count). The van der Waals surface area contributed by atoms with E-state index in [-0.39, 0.29) is 12.2 Å². The van der Waals surface area contributed by atoms with E-state index in [1.165, 1.54) is 6.92 Å². The summed E-state index contributed by atoms with van der Waals surface area (Å²) in [5, 5.41) is 3.07. The molecule has 0 spiro atoms. The molecule has 1 amide bonds. The van der Waals surface area contributed by atoms with Crippen molar-refractivity contribution >= 4 is 44.9 Å². The molecule has 4 nitrogen and oxygen atoms in total. The van der Waals surface area contributed by atoms with Crippen molar-refractivity contribution in [1.29, 1.82) is 0 Å². The second-order valence-electron chi connectivity index (χ2n) is 3.62. The van der Waals surface area contributed by atoms with E-state index in [2.05, 4.69) is 21.2 Å². The minimum absolute atomic E-state index is 0.171. The van der Waals surface area contributed by atoms with Crippen molar-refractivity contribution in [1.82, 2.24) is 0 Å². The van der Waals surface area contributed by atoms with Gasteiger partial charge < -0.3 is 10.1 Å². The first kappa shape index (κ1) is 15.0. The lowest BCUT2D eigenvalue weighted by molar-refractivity contribution is -0.124. The second kappa shape index (κ2) is 6.75. The molecule has 18 heavy (non-hydrogen) atoms. The summed E-state index contributed by atoms with van der Waals surface area (Å²) in [4.78, 5) is 22.4. The number of hydrogen-bond donors (Lipinski definition) is 1. The summed E-state index contributed by atoms with van der Waals surface area (Å²) in [5.74, 6) is -0.0945. The van der Waals surface area contributed by atoms with Crippen LogP contribution in [0.3, 0.4) is 0 Å². The maximum atomic E-state index is 11.6. The topological polar surface area (TPSA) is 55.4 Å². The van der Waals surface area contributed by atoms with Gasteiger partial charge in [0.2, 0.25) is 5.91 Å². The largest absolute Gasteiger partial charge is 0.491 e. The van der Waals surface area contributed by atoms with Crippen molar-refractivity contribution in [2.45, 2.75) is 20.3 Å². The summed E-state index contributed by atoms with van der Waals surface area (Å²) < 4.78 is 6.07. The second-order valence-corrected chi connectivity index (χ2v) is 4.92. The average Bonchev–Trinajstić information content (AvgIpc) is 2.21. The lowest BCUT2D eigenvalue weighted by atomic mass is 10.2. The minimum Gasteiger partial charge on any atom is -0.491 e. The van der Waals surface area contributed by atoms with E-state index in [0.717, 1.165) is 0 Å². The van der Waals surface area contributed by atoms with Gasteiger partial charge in [-0.05, 0) is 41.9 Å². The van der Waals surface area contributed by atoms with Crippen molar-refractivity contribution in [3.63, 3.8) is 0 Å². The molecule has 0 aliphatic heterocycles. The van der Waals surface area contributed by atoms with Gasteiger partial charge in [-0.2, -0.15) is 0 Å². The van der Waals surface area contributed by atoms with Crippen LogP contribution in [0, 0.1) is 0 Å². The van der Waals surface area contributed by atoms with Crippen LogP contribution in [0.4, 0.5) is 5.69 Å². The summed E-state index contributed by atoms with van der Waals surface area (Å²) >= 11 is 9.22. The van der Waals surface area contributed by atoms with Crippen molar-refractivity contribution in [3.05, 3.63) is 21.6 Å². The number of ether oxygens (including phenoxy) is 1. The summed E-state index contributed by atoms with van der Waals surface area (Å²) in [6, 6.07) is 3.25. The molecular weight excluding hydrogens is 321 g/mol. The Morgan fingerprint density at radius 3 is 2.67 bits per heavy atom. The van der Waals surface area contributed by atoms with Crippen molar-refractivity contribution in [3.8, 4) is 5.75 Å². The molecule has 0 heterocycles. The van der Waals surface area contributed by atoms with Crippen molar-refractivity contribution in [2.24, 2.45) is 0 Å². The number of Topliss-reactive ketones (excluding diaryl/α,β-unsaturated/α-hetero) is 1. The Morgan fingerprint density at radius 1 is 1.44 bits per heavy atom. The number of amides is 1. The molecular formula is C12H13BrClNO3. The number of benzene rings is 1. The summed E-state index contributed by atoms with van der Waals surface area (Å²) in [5.41, 5.74) is 0.447. The molecule has 0 aromatic heterocycles. The molecule has 0 atom stereocenters. The fourth-order valence-corrected chi connectivity index (χ4v) is 2.29. The van der Waals surface area contributed by atoms with E-state index in [4.69, 9.17) is 16.3 Å². The molecule has 0 fully saturated rings. The normalized spacial score (nSPS) is 10.0. The van der Waals surface area contributed by atoms with Gasteiger partial charge in [0.15, 0.2) is 5.75 Å². The molecule has 0 aliphatic rings. The average molecular weight is 335 g/mol. The number of carbonyl (C=O) groups excluding carboxylic acids is 2. The van der Waals surface area contributed by atoms with Gasteiger partial charge in [-0.15, -0.1) is 0 Å². The fraction of sp³-hybridized carbons (Fsp3) is 0.333. The van der Waals surface area contributed by atoms with Crippen LogP contribution >= 0.6 is 27.5 Å². The number of carbonyl (C=O) groups is 2. The van der Waals surface area contributed by atoms with Crippen molar-refractivity contribution < 1.29 is 14.3 Å². The maximum absolute atomic E-state index is 11.6. The summed E-state index contributed by atoms with van der Waals surface area (Å²) in [7, 11) is 0. The first-order chi connectivity index (χ1) is 8.43. The standard InChI is InChI=1S/C12H13BrClNO3/c1-3-18-12-9(13)5-8(14)6-10(12)15-11(17)4-7(2)16/h5-6H,3-4H2,1-2H3,(H,15,17). The Hall–Kier alpha value is -1.07. The van der Waals surface area contributed by atoms with Gasteiger partial charge in [0.05, 0.1) is 23.2 Å². The molecule has 0 saturated carbocycles. The zero-order valence-electron chi connectivity index (χ0n) is 10.0. The van der Waals surface area contributed by atoms with Gasteiger partial charge in [0.1, 0.15) is 5.78 Å². The van der Waals surface area contributed by atoms with Crippen LogP contribution in [0.5, 0.6) is 5.75 Å². The van der Waals surface area contributed by atoms with Crippen LogP contribution in [0.1, 0.15) is 20.3 Å². The Morgan fingerprint density at radius 2 is 2.11 bits per heavy atom. The van der Waals surface area contributed by atoms with Gasteiger partial charge in [0, 0.05) is 5.02 Å². The van der Waals surface area contributed by atoms with Crippen LogP contribution in [-0.4, -0.2) is 18.3 Å². The predicted molar refractivity (Wildman–Crippen MR) is 74.2 cm³/mol. The molecule has 0 bridgehead atoms. The van der Waals surface area contributed by atoms with Gasteiger partial charge >= 0.3 is 0 Å². The summed E-state index contributed by atoms with van der Waals surface area (Å²) in [6.07, 6.45) is -0.171. The molecule has 98 valence electrons. The predicted octanol–water partition coefficient (Wildman–Crippen LogP) is 3.42. The molecule has 1 aromatic carbocycles. The Balaban J connectivity index is 2.99. The first-order valence-electron chi connectivity index (χ1n) is 5.35. The van der Waals surface area contributed by atoms with Gasteiger partial charge in [-0.1, -0.05) is 11.6 Å². The molecule has 6 heteroatoms. The highest BCUT2D eigenvalue weighted by Crippen LogP contribution is 2.36. The smallest absolute Gasteiger partial charge is 0.231 e. The third-order valence-electron chi connectivity index (χ3n) is 1.98. The fourth-order valence-electron chi connectivity index (χ4n) is 1.36. The SMILES string of the molecule is CCOc1c(Br)cc(Cl)cc1NC(=O)CC(C)=O. The van der Waals surface area contributed by atoms with Crippen LogP contribution in [0.15, 0.2) is 16.6 Å². The van der Waals surface area contributed by atoms with Crippen LogP contribution in [0.2, 0.25) is 5.02 Å². The van der Waals surface area contributed by atoms with Crippen molar-refractivity contribution in [2.75, 3.05) is 11.9 Å². The van der Waals surface area contributed by atoms with E-state index in [9.17, 15) is 9.59 Å². The van der Waals surface area contributed by atoms with E-state index in [0.29, 0.717) is 27.5 Å². The number of halogens is 2. The van der Waals surface area contributed by atoms with Crippen LogP contribution in [-0.2, 0) is 9.59 Å². The molecule has 0 radical (unpaired) electrons.